The summed E-state index contributed by atoms with van der Waals surface area (Å²) in [6.07, 6.45) is 5.32. The number of nitrogens with zero attached hydrogens (tertiary/aromatic N) is 3. The van der Waals surface area contributed by atoms with Crippen LogP contribution in [0.15, 0.2) is 34.9 Å². The molecule has 8 heteroatoms. The molecule has 2 aliphatic heterocycles. The number of piperidine rings is 2. The van der Waals surface area contributed by atoms with Gasteiger partial charge in [0.2, 0.25) is 11.7 Å². The highest BCUT2D eigenvalue weighted by Crippen LogP contribution is 2.28. The molecule has 2 amide bonds. The third kappa shape index (κ3) is 5.48. The van der Waals surface area contributed by atoms with E-state index >= 15 is 0 Å². The van der Waals surface area contributed by atoms with Crippen LogP contribution in [0.4, 0.5) is 0 Å². The summed E-state index contributed by atoms with van der Waals surface area (Å²) in [5, 5.41) is 7.00. The van der Waals surface area contributed by atoms with Crippen LogP contribution in [0.2, 0.25) is 0 Å². The number of hydrogen-bond acceptors (Lipinski definition) is 6. The molecule has 0 radical (unpaired) electrons. The summed E-state index contributed by atoms with van der Waals surface area (Å²) in [6.45, 7) is 4.38. The zero-order valence-electron chi connectivity index (χ0n) is 18.7. The normalized spacial score (nSPS) is 17.8. The summed E-state index contributed by atoms with van der Waals surface area (Å²) in [5.41, 5.74) is 1.68. The molecule has 172 valence electrons. The van der Waals surface area contributed by atoms with Gasteiger partial charge in [0.25, 0.3) is 5.91 Å². The fourth-order valence-corrected chi connectivity index (χ4v) is 4.53. The van der Waals surface area contributed by atoms with E-state index in [2.05, 4.69) is 15.4 Å². The van der Waals surface area contributed by atoms with Gasteiger partial charge in [0.1, 0.15) is 5.75 Å². The number of para-hydroxylation sites is 1. The van der Waals surface area contributed by atoms with E-state index in [0.717, 1.165) is 56.0 Å². The maximum absolute atomic E-state index is 12.6. The number of carbonyl (C=O) groups is 2. The van der Waals surface area contributed by atoms with Gasteiger partial charge in [0.05, 0.1) is 19.3 Å². The summed E-state index contributed by atoms with van der Waals surface area (Å²) in [6, 6.07) is 9.29. The molecule has 0 bridgehead atoms. The number of nitrogens with one attached hydrogen (secondary N) is 1. The van der Waals surface area contributed by atoms with Crippen molar-refractivity contribution in [2.45, 2.75) is 44.6 Å². The van der Waals surface area contributed by atoms with Crippen molar-refractivity contribution in [3.63, 3.8) is 0 Å². The second-order valence-electron chi connectivity index (χ2n) is 8.60. The molecule has 2 saturated heterocycles. The Morgan fingerprint density at radius 1 is 1.12 bits per heavy atom. The number of carbonyl (C=O) groups excluding carboxylic acids is 2. The molecule has 1 N–H and O–H groups in total. The SMILES string of the molecule is COc1ccccc1CNC(=O)c1cc(C2CCN(C(=O)CN3CCCCC3)CC2)no1. The second-order valence-corrected chi connectivity index (χ2v) is 8.60. The molecule has 0 unspecified atom stereocenters. The minimum atomic E-state index is -0.302. The molecule has 1 aromatic heterocycles. The fourth-order valence-electron chi connectivity index (χ4n) is 4.53. The Morgan fingerprint density at radius 3 is 2.62 bits per heavy atom. The molecule has 2 aliphatic rings. The van der Waals surface area contributed by atoms with Crippen molar-refractivity contribution < 1.29 is 18.8 Å². The predicted octanol–water partition coefficient (Wildman–Crippen LogP) is 2.81. The van der Waals surface area contributed by atoms with Crippen LogP contribution in [-0.4, -0.2) is 66.6 Å². The van der Waals surface area contributed by atoms with Gasteiger partial charge in [0, 0.05) is 37.2 Å². The fraction of sp³-hybridized carbons (Fsp3) is 0.542. The molecule has 8 nitrogen and oxygen atoms in total. The molecular weight excluding hydrogens is 408 g/mol. The number of benzene rings is 1. The van der Waals surface area contributed by atoms with Crippen LogP contribution in [0.1, 0.15) is 59.8 Å². The van der Waals surface area contributed by atoms with Crippen LogP contribution in [-0.2, 0) is 11.3 Å². The minimum absolute atomic E-state index is 0.202. The van der Waals surface area contributed by atoms with Crippen molar-refractivity contribution in [2.75, 3.05) is 39.8 Å². The molecule has 0 aliphatic carbocycles. The first kappa shape index (κ1) is 22.3. The number of ether oxygens (including phenoxy) is 1. The molecule has 0 atom stereocenters. The first-order valence-electron chi connectivity index (χ1n) is 11.5. The zero-order valence-corrected chi connectivity index (χ0v) is 18.7. The highest BCUT2D eigenvalue weighted by atomic mass is 16.5. The van der Waals surface area contributed by atoms with E-state index in [9.17, 15) is 9.59 Å². The summed E-state index contributed by atoms with van der Waals surface area (Å²) in [4.78, 5) is 29.4. The lowest BCUT2D eigenvalue weighted by atomic mass is 9.93. The molecule has 2 aromatic rings. The minimum Gasteiger partial charge on any atom is -0.496 e. The van der Waals surface area contributed by atoms with Crippen molar-refractivity contribution in [2.24, 2.45) is 0 Å². The highest BCUT2D eigenvalue weighted by Gasteiger charge is 2.28. The Hall–Kier alpha value is -2.87. The van der Waals surface area contributed by atoms with Gasteiger partial charge in [-0.2, -0.15) is 0 Å². The Balaban J connectivity index is 1.26. The maximum Gasteiger partial charge on any atom is 0.290 e. The monoisotopic (exact) mass is 440 g/mol. The van der Waals surface area contributed by atoms with Gasteiger partial charge in [-0.3, -0.25) is 14.5 Å². The molecule has 1 aromatic carbocycles. The van der Waals surface area contributed by atoms with E-state index in [1.54, 1.807) is 13.2 Å². The third-order valence-corrected chi connectivity index (χ3v) is 6.46. The molecule has 3 heterocycles. The van der Waals surface area contributed by atoms with Gasteiger partial charge < -0.3 is 19.5 Å². The van der Waals surface area contributed by atoms with Gasteiger partial charge in [-0.25, -0.2) is 0 Å². The number of hydrogen-bond donors (Lipinski definition) is 1. The van der Waals surface area contributed by atoms with E-state index in [-0.39, 0.29) is 23.5 Å². The lowest BCUT2D eigenvalue weighted by Crippen LogP contribution is -2.45. The van der Waals surface area contributed by atoms with Gasteiger partial charge in [-0.1, -0.05) is 29.8 Å². The number of amides is 2. The Kier molecular flexibility index (Phi) is 7.42. The van der Waals surface area contributed by atoms with Gasteiger partial charge >= 0.3 is 0 Å². The summed E-state index contributed by atoms with van der Waals surface area (Å²) < 4.78 is 10.6. The summed E-state index contributed by atoms with van der Waals surface area (Å²) >= 11 is 0. The van der Waals surface area contributed by atoms with Crippen LogP contribution in [0.3, 0.4) is 0 Å². The van der Waals surface area contributed by atoms with E-state index in [1.807, 2.05) is 29.2 Å². The third-order valence-electron chi connectivity index (χ3n) is 6.46. The Labute approximate surface area is 188 Å². The van der Waals surface area contributed by atoms with Crippen LogP contribution in [0.5, 0.6) is 5.75 Å². The van der Waals surface area contributed by atoms with Crippen molar-refractivity contribution in [1.29, 1.82) is 0 Å². The van der Waals surface area contributed by atoms with E-state index in [1.165, 1.54) is 19.3 Å². The van der Waals surface area contributed by atoms with Gasteiger partial charge in [-0.15, -0.1) is 0 Å². The van der Waals surface area contributed by atoms with E-state index < -0.39 is 0 Å². The molecule has 32 heavy (non-hydrogen) atoms. The molecular formula is C24H32N4O4. The number of rotatable bonds is 7. The standard InChI is InChI=1S/C24H32N4O4/c1-31-21-8-4-3-7-19(21)16-25-24(30)22-15-20(26-32-22)18-9-13-28(14-10-18)23(29)17-27-11-5-2-6-12-27/h3-4,7-8,15,18H,2,5-6,9-14,16-17H2,1H3,(H,25,30). The quantitative estimate of drug-likeness (QED) is 0.712. The Morgan fingerprint density at radius 2 is 1.88 bits per heavy atom. The van der Waals surface area contributed by atoms with Crippen molar-refractivity contribution in [3.05, 3.63) is 47.3 Å². The van der Waals surface area contributed by atoms with Crippen LogP contribution >= 0.6 is 0 Å². The molecule has 0 saturated carbocycles. The lowest BCUT2D eigenvalue weighted by Gasteiger charge is -2.33. The zero-order chi connectivity index (χ0) is 22.3. The average Bonchev–Trinajstić information content (AvgIpc) is 3.34. The van der Waals surface area contributed by atoms with Crippen LogP contribution in [0, 0.1) is 0 Å². The molecule has 2 fully saturated rings. The van der Waals surface area contributed by atoms with Gasteiger partial charge in [-0.05, 0) is 44.8 Å². The lowest BCUT2D eigenvalue weighted by molar-refractivity contribution is -0.133. The second kappa shape index (κ2) is 10.6. The number of aromatic nitrogens is 1. The number of likely N-dealkylation sites (tertiary alicyclic amines) is 2. The average molecular weight is 441 g/mol. The first-order valence-corrected chi connectivity index (χ1v) is 11.5. The van der Waals surface area contributed by atoms with Crippen LogP contribution in [0.25, 0.3) is 0 Å². The van der Waals surface area contributed by atoms with Gasteiger partial charge in [0.15, 0.2) is 0 Å². The van der Waals surface area contributed by atoms with E-state index in [0.29, 0.717) is 13.1 Å². The smallest absolute Gasteiger partial charge is 0.290 e. The Bertz CT molecular complexity index is 914. The molecule has 0 spiro atoms. The highest BCUT2D eigenvalue weighted by molar-refractivity contribution is 5.91. The van der Waals surface area contributed by atoms with Crippen molar-refractivity contribution in [3.8, 4) is 5.75 Å². The largest absolute Gasteiger partial charge is 0.496 e. The first-order chi connectivity index (χ1) is 15.6. The van der Waals surface area contributed by atoms with E-state index in [4.69, 9.17) is 9.26 Å². The maximum atomic E-state index is 12.6. The van der Waals surface area contributed by atoms with Crippen molar-refractivity contribution >= 4 is 11.8 Å². The topological polar surface area (TPSA) is 87.9 Å². The summed E-state index contributed by atoms with van der Waals surface area (Å²) in [7, 11) is 1.61. The summed E-state index contributed by atoms with van der Waals surface area (Å²) in [5.74, 6) is 1.06. The number of methoxy groups -OCH3 is 1. The van der Waals surface area contributed by atoms with Crippen molar-refractivity contribution in [1.82, 2.24) is 20.3 Å². The van der Waals surface area contributed by atoms with Crippen LogP contribution < -0.4 is 10.1 Å². The predicted molar refractivity (Wildman–Crippen MR) is 120 cm³/mol. The molecule has 4 rings (SSSR count).